The van der Waals surface area contributed by atoms with Crippen LogP contribution in [0.15, 0.2) is 34.3 Å². The largest absolute Gasteiger partial charge is 0.507 e. The number of ketones is 1. The molecule has 0 unspecified atom stereocenters. The Balaban J connectivity index is 2.23. The first kappa shape index (κ1) is 23.7. The van der Waals surface area contributed by atoms with Gasteiger partial charge in [0.25, 0.3) is 11.7 Å². The van der Waals surface area contributed by atoms with E-state index in [2.05, 4.69) is 20.9 Å². The molecular weight excluding hydrogens is 478 g/mol. The van der Waals surface area contributed by atoms with Gasteiger partial charge in [0.05, 0.1) is 18.7 Å². The second-order valence-electron chi connectivity index (χ2n) is 7.97. The number of nitrogens with zero attached hydrogens (tertiary/aromatic N) is 2. The van der Waals surface area contributed by atoms with E-state index in [0.29, 0.717) is 35.5 Å². The van der Waals surface area contributed by atoms with Crippen molar-refractivity contribution in [3.05, 3.63) is 62.4 Å². The maximum absolute atomic E-state index is 13.1. The van der Waals surface area contributed by atoms with E-state index in [1.165, 1.54) is 12.0 Å². The number of ether oxygens (including phenoxy) is 1. The number of H-pyrrole nitrogens is 1. The number of likely N-dealkylation sites (tertiary alicyclic amines) is 1. The van der Waals surface area contributed by atoms with Crippen LogP contribution in [0.4, 0.5) is 0 Å². The van der Waals surface area contributed by atoms with Gasteiger partial charge >= 0.3 is 5.97 Å². The maximum Gasteiger partial charge on any atom is 0.354 e. The van der Waals surface area contributed by atoms with Crippen molar-refractivity contribution < 1.29 is 24.2 Å². The third kappa shape index (κ3) is 4.22. The van der Waals surface area contributed by atoms with Crippen LogP contribution in [0.5, 0.6) is 0 Å². The second-order valence-corrected chi connectivity index (χ2v) is 8.88. The molecule has 1 aliphatic rings. The number of benzene rings is 1. The van der Waals surface area contributed by atoms with Crippen molar-refractivity contribution in [1.29, 1.82) is 0 Å². The van der Waals surface area contributed by atoms with Crippen molar-refractivity contribution in [2.24, 2.45) is 0 Å². The standard InChI is InChI=1S/C23H26BrN3O5/c1-12-16(13(2)25-18(12)23(31)32-5)20(28)17-19(14-7-6-8-15(24)11-14)27(10-9-26(3)4)22(30)21(17)29/h6-8,11,19,25,28H,9-10H2,1-5H3/b20-17+/t19-/m1/s1. The maximum atomic E-state index is 13.1. The Morgan fingerprint density at radius 3 is 2.56 bits per heavy atom. The fraction of sp³-hybridized carbons (Fsp3) is 0.348. The number of esters is 1. The normalized spacial score (nSPS) is 18.0. The van der Waals surface area contributed by atoms with E-state index in [1.54, 1.807) is 13.8 Å². The molecule has 8 nitrogen and oxygen atoms in total. The molecule has 0 aliphatic carbocycles. The number of hydrogen-bond acceptors (Lipinski definition) is 6. The molecule has 1 aromatic carbocycles. The molecule has 1 aromatic heterocycles. The highest BCUT2D eigenvalue weighted by atomic mass is 79.9. The van der Waals surface area contributed by atoms with Crippen molar-refractivity contribution in [3.63, 3.8) is 0 Å². The first-order chi connectivity index (χ1) is 15.1. The number of methoxy groups -OCH3 is 1. The summed E-state index contributed by atoms with van der Waals surface area (Å²) >= 11 is 3.44. The topological polar surface area (TPSA) is 103 Å². The molecule has 1 amide bonds. The molecule has 0 spiro atoms. The van der Waals surface area contributed by atoms with Crippen LogP contribution in [-0.4, -0.2) is 71.8 Å². The zero-order valence-electron chi connectivity index (χ0n) is 18.7. The van der Waals surface area contributed by atoms with Crippen LogP contribution in [0.25, 0.3) is 5.76 Å². The summed E-state index contributed by atoms with van der Waals surface area (Å²) in [6.07, 6.45) is 0. The summed E-state index contributed by atoms with van der Waals surface area (Å²) in [5.41, 5.74) is 2.13. The predicted octanol–water partition coefficient (Wildman–Crippen LogP) is 3.16. The summed E-state index contributed by atoms with van der Waals surface area (Å²) in [4.78, 5) is 44.5. The Kier molecular flexibility index (Phi) is 6.90. The molecule has 3 rings (SSSR count). The van der Waals surface area contributed by atoms with Gasteiger partial charge in [-0.15, -0.1) is 0 Å². The van der Waals surface area contributed by atoms with Gasteiger partial charge in [-0.25, -0.2) is 4.79 Å². The zero-order chi connectivity index (χ0) is 23.7. The van der Waals surface area contributed by atoms with Gasteiger partial charge in [0, 0.05) is 28.8 Å². The third-order valence-electron chi connectivity index (χ3n) is 5.56. The quantitative estimate of drug-likeness (QED) is 0.271. The highest BCUT2D eigenvalue weighted by Crippen LogP contribution is 2.41. The first-order valence-electron chi connectivity index (χ1n) is 10.0. The van der Waals surface area contributed by atoms with E-state index in [1.807, 2.05) is 43.3 Å². The molecule has 170 valence electrons. The zero-order valence-corrected chi connectivity index (χ0v) is 20.2. The van der Waals surface area contributed by atoms with Crippen LogP contribution in [0.2, 0.25) is 0 Å². The first-order valence-corrected chi connectivity index (χ1v) is 10.8. The van der Waals surface area contributed by atoms with Gasteiger partial charge in [0.2, 0.25) is 0 Å². The Hall–Kier alpha value is -2.91. The number of aryl methyl sites for hydroxylation is 1. The summed E-state index contributed by atoms with van der Waals surface area (Å²) in [7, 11) is 5.03. The fourth-order valence-electron chi connectivity index (χ4n) is 3.99. The smallest absolute Gasteiger partial charge is 0.354 e. The number of aliphatic hydroxyl groups excluding tert-OH is 1. The summed E-state index contributed by atoms with van der Waals surface area (Å²) in [5.74, 6) is -2.33. The minimum absolute atomic E-state index is 0.00604. The molecule has 2 aromatic rings. The molecular formula is C23H26BrN3O5. The Morgan fingerprint density at radius 1 is 1.28 bits per heavy atom. The van der Waals surface area contributed by atoms with Gasteiger partial charge < -0.3 is 24.6 Å². The number of nitrogens with one attached hydrogen (secondary N) is 1. The number of hydrogen-bond donors (Lipinski definition) is 2. The lowest BCUT2D eigenvalue weighted by Gasteiger charge is -2.26. The molecule has 2 N–H and O–H groups in total. The van der Waals surface area contributed by atoms with Crippen LogP contribution in [-0.2, 0) is 14.3 Å². The van der Waals surface area contributed by atoms with Crippen molar-refractivity contribution >= 4 is 39.3 Å². The average molecular weight is 504 g/mol. The number of Topliss-reactive ketones (excluding diaryl/α,β-unsaturated/α-hetero) is 1. The summed E-state index contributed by atoms with van der Waals surface area (Å²) in [5, 5.41) is 11.3. The van der Waals surface area contributed by atoms with Crippen LogP contribution in [0.1, 0.15) is 38.9 Å². The van der Waals surface area contributed by atoms with Crippen molar-refractivity contribution in [3.8, 4) is 0 Å². The van der Waals surface area contributed by atoms with Crippen LogP contribution in [0.3, 0.4) is 0 Å². The third-order valence-corrected chi connectivity index (χ3v) is 6.05. The highest BCUT2D eigenvalue weighted by Gasteiger charge is 2.46. The Bertz CT molecular complexity index is 1120. The molecule has 0 saturated carbocycles. The number of carbonyl (C=O) groups excluding carboxylic acids is 3. The minimum Gasteiger partial charge on any atom is -0.507 e. The lowest BCUT2D eigenvalue weighted by atomic mass is 9.94. The van der Waals surface area contributed by atoms with E-state index in [4.69, 9.17) is 4.74 Å². The van der Waals surface area contributed by atoms with Crippen LogP contribution < -0.4 is 0 Å². The molecule has 32 heavy (non-hydrogen) atoms. The molecule has 9 heteroatoms. The SMILES string of the molecule is COC(=O)c1[nH]c(C)c(/C(O)=C2\C(=O)C(=O)N(CCN(C)C)[C@@H]2c2cccc(Br)c2)c1C. The van der Waals surface area contributed by atoms with Gasteiger partial charge in [0.15, 0.2) is 0 Å². The average Bonchev–Trinajstić information content (AvgIpc) is 3.18. The molecule has 0 bridgehead atoms. The number of aromatic amines is 1. The number of aliphatic hydroxyl groups is 1. The predicted molar refractivity (Wildman–Crippen MR) is 123 cm³/mol. The number of rotatable bonds is 6. The number of likely N-dealkylation sites (N-methyl/N-ethyl adjacent to an activating group) is 1. The summed E-state index contributed by atoms with van der Waals surface area (Å²) in [6, 6.07) is 6.53. The van der Waals surface area contributed by atoms with E-state index < -0.39 is 23.7 Å². The Morgan fingerprint density at radius 2 is 1.97 bits per heavy atom. The van der Waals surface area contributed by atoms with Crippen LogP contribution >= 0.6 is 15.9 Å². The lowest BCUT2D eigenvalue weighted by Crippen LogP contribution is -2.35. The summed E-state index contributed by atoms with van der Waals surface area (Å²) in [6.45, 7) is 4.20. The number of aromatic nitrogens is 1. The lowest BCUT2D eigenvalue weighted by molar-refractivity contribution is -0.140. The van der Waals surface area contributed by atoms with Gasteiger partial charge in [-0.2, -0.15) is 0 Å². The number of amides is 1. The van der Waals surface area contributed by atoms with Gasteiger partial charge in [-0.1, -0.05) is 28.1 Å². The van der Waals surface area contributed by atoms with E-state index in [-0.39, 0.29) is 17.0 Å². The molecule has 1 fully saturated rings. The van der Waals surface area contributed by atoms with E-state index in [9.17, 15) is 19.5 Å². The number of halogens is 1. The van der Waals surface area contributed by atoms with Crippen molar-refractivity contribution in [2.45, 2.75) is 19.9 Å². The molecule has 1 aliphatic heterocycles. The highest BCUT2D eigenvalue weighted by molar-refractivity contribution is 9.10. The van der Waals surface area contributed by atoms with Crippen molar-refractivity contribution in [2.75, 3.05) is 34.3 Å². The minimum atomic E-state index is -0.761. The van der Waals surface area contributed by atoms with Crippen molar-refractivity contribution in [1.82, 2.24) is 14.8 Å². The van der Waals surface area contributed by atoms with Gasteiger partial charge in [-0.05, 0) is 51.2 Å². The fourth-order valence-corrected chi connectivity index (χ4v) is 4.40. The van der Waals surface area contributed by atoms with E-state index in [0.717, 1.165) is 4.47 Å². The molecule has 2 heterocycles. The number of carbonyl (C=O) groups is 3. The van der Waals surface area contributed by atoms with Gasteiger partial charge in [0.1, 0.15) is 11.5 Å². The second kappa shape index (κ2) is 9.30. The molecule has 0 radical (unpaired) electrons. The monoisotopic (exact) mass is 503 g/mol. The summed E-state index contributed by atoms with van der Waals surface area (Å²) < 4.78 is 5.58. The van der Waals surface area contributed by atoms with Gasteiger partial charge in [-0.3, -0.25) is 9.59 Å². The molecule has 1 atom stereocenters. The Labute approximate surface area is 195 Å². The molecule has 1 saturated heterocycles. The van der Waals surface area contributed by atoms with E-state index >= 15 is 0 Å². The van der Waals surface area contributed by atoms with Crippen LogP contribution in [0, 0.1) is 13.8 Å².